The largest absolute Gasteiger partial charge is 0.481 e. The van der Waals surface area contributed by atoms with Gasteiger partial charge in [-0.25, -0.2) is 0 Å². The van der Waals surface area contributed by atoms with Gasteiger partial charge in [0.25, 0.3) is 0 Å². The maximum absolute atomic E-state index is 11.0. The maximum atomic E-state index is 11.0. The van der Waals surface area contributed by atoms with E-state index in [1.54, 1.807) is 0 Å². The van der Waals surface area contributed by atoms with Crippen LogP contribution in [-0.4, -0.2) is 36.6 Å². The summed E-state index contributed by atoms with van der Waals surface area (Å²) in [5.41, 5.74) is 5.13. The Labute approximate surface area is 86.6 Å². The minimum Gasteiger partial charge on any atom is -0.481 e. The van der Waals surface area contributed by atoms with Gasteiger partial charge in [0.05, 0.1) is 26.8 Å². The van der Waals surface area contributed by atoms with E-state index in [-0.39, 0.29) is 18.4 Å². The van der Waals surface area contributed by atoms with Crippen LogP contribution in [0.2, 0.25) is 0 Å². The first kappa shape index (κ1) is 11.2. The highest BCUT2D eigenvalue weighted by Gasteiger charge is 2.07. The number of amides is 1. The van der Waals surface area contributed by atoms with Gasteiger partial charge in [-0.3, -0.25) is 10.1 Å². The van der Waals surface area contributed by atoms with Crippen LogP contribution in [0, 0.1) is 0 Å². The Morgan fingerprint density at radius 1 is 1.40 bits per heavy atom. The number of hydrogen-bond acceptors (Lipinski definition) is 6. The SMILES string of the molecule is COc1cc(OC)nc(NC(=O)CN)n1. The third-order valence-corrected chi connectivity index (χ3v) is 1.53. The lowest BCUT2D eigenvalue weighted by Gasteiger charge is -2.06. The smallest absolute Gasteiger partial charge is 0.240 e. The number of nitrogens with one attached hydrogen (secondary N) is 1. The number of hydrogen-bond donors (Lipinski definition) is 2. The Morgan fingerprint density at radius 2 is 1.93 bits per heavy atom. The van der Waals surface area contributed by atoms with Crippen LogP contribution >= 0.6 is 0 Å². The Hall–Kier alpha value is -1.89. The van der Waals surface area contributed by atoms with Crippen LogP contribution in [0.1, 0.15) is 0 Å². The highest BCUT2D eigenvalue weighted by molar-refractivity contribution is 5.90. The number of ether oxygens (including phenoxy) is 2. The topological polar surface area (TPSA) is 99.4 Å². The minimum atomic E-state index is -0.384. The van der Waals surface area contributed by atoms with Crippen LogP contribution in [-0.2, 0) is 4.79 Å². The molecule has 1 rings (SSSR count). The van der Waals surface area contributed by atoms with Gasteiger partial charge < -0.3 is 15.2 Å². The lowest BCUT2D eigenvalue weighted by Crippen LogP contribution is -2.23. The van der Waals surface area contributed by atoms with E-state index >= 15 is 0 Å². The molecule has 0 saturated heterocycles. The zero-order chi connectivity index (χ0) is 11.3. The number of nitrogens with zero attached hydrogens (tertiary/aromatic N) is 2. The first-order chi connectivity index (χ1) is 7.19. The van der Waals surface area contributed by atoms with Crippen molar-refractivity contribution in [2.45, 2.75) is 0 Å². The molecule has 0 spiro atoms. The van der Waals surface area contributed by atoms with E-state index in [2.05, 4.69) is 15.3 Å². The quantitative estimate of drug-likeness (QED) is 0.690. The molecule has 0 unspecified atom stereocenters. The van der Waals surface area contributed by atoms with Crippen LogP contribution in [0.25, 0.3) is 0 Å². The standard InChI is InChI=1S/C8H12N4O3/c1-14-6-3-7(15-2)12-8(11-6)10-5(13)4-9/h3H,4,9H2,1-2H3,(H,10,11,12,13). The number of aromatic nitrogens is 2. The van der Waals surface area contributed by atoms with Crippen molar-refractivity contribution in [2.75, 3.05) is 26.1 Å². The Kier molecular flexibility index (Phi) is 3.81. The summed E-state index contributed by atoms with van der Waals surface area (Å²) >= 11 is 0. The van der Waals surface area contributed by atoms with Crippen LogP contribution in [0.5, 0.6) is 11.8 Å². The molecule has 0 aromatic carbocycles. The molecule has 7 nitrogen and oxygen atoms in total. The average molecular weight is 212 g/mol. The van der Waals surface area contributed by atoms with E-state index in [4.69, 9.17) is 15.2 Å². The number of anilines is 1. The van der Waals surface area contributed by atoms with Crippen LogP contribution in [0.3, 0.4) is 0 Å². The molecular formula is C8H12N4O3. The molecule has 0 fully saturated rings. The molecule has 15 heavy (non-hydrogen) atoms. The summed E-state index contributed by atoms with van der Waals surface area (Å²) in [6.45, 7) is -0.136. The summed E-state index contributed by atoms with van der Waals surface area (Å²) in [7, 11) is 2.91. The maximum Gasteiger partial charge on any atom is 0.240 e. The molecule has 0 atom stereocenters. The minimum absolute atomic E-state index is 0.0988. The molecule has 0 radical (unpaired) electrons. The monoisotopic (exact) mass is 212 g/mol. The molecule has 1 aromatic rings. The molecule has 0 aliphatic carbocycles. The van der Waals surface area contributed by atoms with Gasteiger partial charge in [0.1, 0.15) is 0 Å². The summed E-state index contributed by atoms with van der Waals surface area (Å²) in [6, 6.07) is 1.50. The van der Waals surface area contributed by atoms with Crippen molar-refractivity contribution in [2.24, 2.45) is 5.73 Å². The van der Waals surface area contributed by atoms with Gasteiger partial charge in [-0.15, -0.1) is 0 Å². The van der Waals surface area contributed by atoms with Crippen LogP contribution < -0.4 is 20.5 Å². The molecule has 3 N–H and O–H groups in total. The number of rotatable bonds is 4. The summed E-state index contributed by atoms with van der Waals surface area (Å²) < 4.78 is 9.80. The highest BCUT2D eigenvalue weighted by atomic mass is 16.5. The predicted octanol–water partition coefficient (Wildman–Crippen LogP) is -0.609. The van der Waals surface area contributed by atoms with Crippen molar-refractivity contribution in [3.8, 4) is 11.8 Å². The first-order valence-electron chi connectivity index (χ1n) is 4.16. The van der Waals surface area contributed by atoms with Crippen molar-refractivity contribution in [1.82, 2.24) is 9.97 Å². The summed E-state index contributed by atoms with van der Waals surface area (Å²) in [5.74, 6) is 0.315. The van der Waals surface area contributed by atoms with Gasteiger partial charge in [-0.1, -0.05) is 0 Å². The second-order valence-electron chi connectivity index (χ2n) is 2.53. The summed E-state index contributed by atoms with van der Waals surface area (Å²) in [4.78, 5) is 18.8. The van der Waals surface area contributed by atoms with Gasteiger partial charge >= 0.3 is 0 Å². The Bertz CT molecular complexity index is 333. The summed E-state index contributed by atoms with van der Waals surface area (Å²) in [6.07, 6.45) is 0. The van der Waals surface area contributed by atoms with Crippen molar-refractivity contribution in [3.63, 3.8) is 0 Å². The molecular weight excluding hydrogens is 200 g/mol. The molecule has 1 amide bonds. The Balaban J connectivity index is 2.91. The zero-order valence-corrected chi connectivity index (χ0v) is 8.48. The molecule has 1 aromatic heterocycles. The lowest BCUT2D eigenvalue weighted by molar-refractivity contribution is -0.114. The molecule has 0 saturated carbocycles. The molecule has 0 aliphatic heterocycles. The second-order valence-corrected chi connectivity index (χ2v) is 2.53. The predicted molar refractivity (Wildman–Crippen MR) is 52.8 cm³/mol. The van der Waals surface area contributed by atoms with Gasteiger partial charge in [0.2, 0.25) is 23.6 Å². The second kappa shape index (κ2) is 5.11. The van der Waals surface area contributed by atoms with Crippen molar-refractivity contribution >= 4 is 11.9 Å². The van der Waals surface area contributed by atoms with Gasteiger partial charge in [-0.2, -0.15) is 9.97 Å². The number of methoxy groups -OCH3 is 2. The number of carbonyl (C=O) groups excluding carboxylic acids is 1. The fourth-order valence-corrected chi connectivity index (χ4v) is 0.845. The number of nitrogens with two attached hydrogens (primary N) is 1. The average Bonchev–Trinajstić information content (AvgIpc) is 2.28. The fraction of sp³-hybridized carbons (Fsp3) is 0.375. The van der Waals surface area contributed by atoms with E-state index in [0.29, 0.717) is 11.8 Å². The van der Waals surface area contributed by atoms with Crippen LogP contribution in [0.4, 0.5) is 5.95 Å². The van der Waals surface area contributed by atoms with Gasteiger partial charge in [0, 0.05) is 0 Å². The third kappa shape index (κ3) is 3.06. The summed E-state index contributed by atoms with van der Waals surface area (Å²) in [5, 5.41) is 2.39. The molecule has 7 heteroatoms. The van der Waals surface area contributed by atoms with Gasteiger partial charge in [0.15, 0.2) is 0 Å². The van der Waals surface area contributed by atoms with E-state index in [0.717, 1.165) is 0 Å². The fourth-order valence-electron chi connectivity index (χ4n) is 0.845. The zero-order valence-electron chi connectivity index (χ0n) is 8.48. The van der Waals surface area contributed by atoms with Crippen molar-refractivity contribution < 1.29 is 14.3 Å². The van der Waals surface area contributed by atoms with E-state index in [1.807, 2.05) is 0 Å². The normalized spacial score (nSPS) is 9.53. The Morgan fingerprint density at radius 3 is 2.33 bits per heavy atom. The molecule has 82 valence electrons. The highest BCUT2D eigenvalue weighted by Crippen LogP contribution is 2.16. The van der Waals surface area contributed by atoms with Crippen molar-refractivity contribution in [1.29, 1.82) is 0 Å². The van der Waals surface area contributed by atoms with Crippen molar-refractivity contribution in [3.05, 3.63) is 6.07 Å². The number of carbonyl (C=O) groups is 1. The third-order valence-electron chi connectivity index (χ3n) is 1.53. The van der Waals surface area contributed by atoms with E-state index < -0.39 is 0 Å². The first-order valence-corrected chi connectivity index (χ1v) is 4.16. The molecule has 1 heterocycles. The van der Waals surface area contributed by atoms with Crippen LogP contribution in [0.15, 0.2) is 6.07 Å². The lowest BCUT2D eigenvalue weighted by atomic mass is 10.5. The molecule has 0 bridgehead atoms. The van der Waals surface area contributed by atoms with Gasteiger partial charge in [-0.05, 0) is 0 Å². The molecule has 0 aliphatic rings. The van der Waals surface area contributed by atoms with E-state index in [9.17, 15) is 4.79 Å². The van der Waals surface area contributed by atoms with E-state index in [1.165, 1.54) is 20.3 Å².